The molecular weight excluding hydrogens is 256 g/mol. The molecule has 0 bridgehead atoms. The van der Waals surface area contributed by atoms with Gasteiger partial charge in [0, 0.05) is 37.4 Å². The Morgan fingerprint density at radius 2 is 2.11 bits per heavy atom. The number of aryl methyl sites for hydroxylation is 1. The summed E-state index contributed by atoms with van der Waals surface area (Å²) >= 11 is 1.92. The van der Waals surface area contributed by atoms with E-state index in [1.807, 2.05) is 11.8 Å². The lowest BCUT2D eigenvalue weighted by Crippen LogP contribution is -2.19. The van der Waals surface area contributed by atoms with Gasteiger partial charge < -0.3 is 15.0 Å². The maximum atomic E-state index is 5.02. The van der Waals surface area contributed by atoms with Gasteiger partial charge in [-0.15, -0.1) is 11.8 Å². The third-order valence-electron chi connectivity index (χ3n) is 2.92. The molecule has 0 heterocycles. The summed E-state index contributed by atoms with van der Waals surface area (Å²) in [6, 6.07) is 6.74. The monoisotopic (exact) mass is 282 g/mol. The van der Waals surface area contributed by atoms with Crippen molar-refractivity contribution in [1.82, 2.24) is 10.2 Å². The second-order valence-corrected chi connectivity index (χ2v) is 6.08. The van der Waals surface area contributed by atoms with Gasteiger partial charge in [-0.25, -0.2) is 0 Å². The Balaban J connectivity index is 2.40. The minimum Gasteiger partial charge on any atom is -0.383 e. The number of nitrogens with one attached hydrogen (secondary N) is 1. The molecule has 0 aromatic heterocycles. The Bertz CT molecular complexity index is 369. The van der Waals surface area contributed by atoms with E-state index in [0.29, 0.717) is 0 Å². The molecule has 0 fully saturated rings. The average Bonchev–Trinajstić information content (AvgIpc) is 2.36. The molecule has 1 N–H and O–H groups in total. The Hall–Kier alpha value is -0.550. The van der Waals surface area contributed by atoms with Crippen LogP contribution in [0.3, 0.4) is 0 Å². The van der Waals surface area contributed by atoms with Crippen LogP contribution in [0.5, 0.6) is 0 Å². The topological polar surface area (TPSA) is 24.5 Å². The molecule has 0 aliphatic carbocycles. The lowest BCUT2D eigenvalue weighted by molar-refractivity contribution is 0.199. The first-order valence-electron chi connectivity index (χ1n) is 6.70. The van der Waals surface area contributed by atoms with Crippen LogP contribution in [0.2, 0.25) is 0 Å². The molecule has 19 heavy (non-hydrogen) atoms. The molecule has 3 nitrogen and oxygen atoms in total. The van der Waals surface area contributed by atoms with Crippen molar-refractivity contribution < 1.29 is 4.74 Å². The van der Waals surface area contributed by atoms with E-state index in [4.69, 9.17) is 4.74 Å². The smallest absolute Gasteiger partial charge is 0.0587 e. The fraction of sp³-hybridized carbons (Fsp3) is 0.600. The minimum absolute atomic E-state index is 0.761. The van der Waals surface area contributed by atoms with E-state index >= 15 is 0 Å². The Morgan fingerprint density at radius 3 is 2.74 bits per heavy atom. The normalized spacial score (nSPS) is 11.2. The number of hydrogen-bond acceptors (Lipinski definition) is 4. The van der Waals surface area contributed by atoms with E-state index in [2.05, 4.69) is 49.4 Å². The summed E-state index contributed by atoms with van der Waals surface area (Å²) in [6.07, 6.45) is 0. The maximum absolute atomic E-state index is 5.02. The van der Waals surface area contributed by atoms with Gasteiger partial charge in [-0.1, -0.05) is 6.07 Å². The Morgan fingerprint density at radius 1 is 1.32 bits per heavy atom. The molecule has 0 amide bonds. The lowest BCUT2D eigenvalue weighted by Gasteiger charge is -2.11. The summed E-state index contributed by atoms with van der Waals surface area (Å²) in [5.41, 5.74) is 2.73. The van der Waals surface area contributed by atoms with E-state index < -0.39 is 0 Å². The zero-order valence-corrected chi connectivity index (χ0v) is 13.3. The minimum atomic E-state index is 0.761. The SMILES string of the molecule is COCCNCc1ccc(SCCN(C)C)cc1C. The summed E-state index contributed by atoms with van der Waals surface area (Å²) in [5, 5.41) is 3.38. The number of rotatable bonds is 9. The van der Waals surface area contributed by atoms with Crippen molar-refractivity contribution in [3.05, 3.63) is 29.3 Å². The van der Waals surface area contributed by atoms with Gasteiger partial charge in [-0.3, -0.25) is 0 Å². The van der Waals surface area contributed by atoms with Gasteiger partial charge in [0.2, 0.25) is 0 Å². The second kappa shape index (κ2) is 9.37. The van der Waals surface area contributed by atoms with Crippen molar-refractivity contribution in [2.75, 3.05) is 46.7 Å². The first-order chi connectivity index (χ1) is 9.13. The Labute approximate surface area is 121 Å². The summed E-state index contributed by atoms with van der Waals surface area (Å²) < 4.78 is 5.02. The molecule has 0 radical (unpaired) electrons. The molecule has 0 saturated heterocycles. The van der Waals surface area contributed by atoms with Crippen molar-refractivity contribution in [3.8, 4) is 0 Å². The Kier molecular flexibility index (Phi) is 8.14. The lowest BCUT2D eigenvalue weighted by atomic mass is 10.1. The molecule has 0 spiro atoms. The van der Waals surface area contributed by atoms with Crippen LogP contribution in [-0.2, 0) is 11.3 Å². The molecule has 0 atom stereocenters. The molecular formula is C15H26N2OS. The summed E-state index contributed by atoms with van der Waals surface area (Å²) in [5.74, 6) is 1.14. The van der Waals surface area contributed by atoms with Crippen LogP contribution in [-0.4, -0.2) is 51.6 Å². The number of nitrogens with zero attached hydrogens (tertiary/aromatic N) is 1. The first-order valence-corrected chi connectivity index (χ1v) is 7.68. The van der Waals surface area contributed by atoms with E-state index in [1.165, 1.54) is 16.0 Å². The predicted octanol–water partition coefficient (Wildman–Crippen LogP) is 2.38. The molecule has 0 unspecified atom stereocenters. The molecule has 4 heteroatoms. The van der Waals surface area contributed by atoms with Crippen LogP contribution >= 0.6 is 11.8 Å². The highest BCUT2D eigenvalue weighted by atomic mass is 32.2. The van der Waals surface area contributed by atoms with Crippen LogP contribution in [0.25, 0.3) is 0 Å². The molecule has 0 aliphatic rings. The fourth-order valence-corrected chi connectivity index (χ4v) is 2.82. The van der Waals surface area contributed by atoms with E-state index in [0.717, 1.165) is 32.0 Å². The third kappa shape index (κ3) is 6.97. The number of benzene rings is 1. The summed E-state index contributed by atoms with van der Waals surface area (Å²) in [6.45, 7) is 5.87. The van der Waals surface area contributed by atoms with Gasteiger partial charge in [0.15, 0.2) is 0 Å². The van der Waals surface area contributed by atoms with Gasteiger partial charge in [-0.05, 0) is 44.3 Å². The van der Waals surface area contributed by atoms with Crippen molar-refractivity contribution in [3.63, 3.8) is 0 Å². The summed E-state index contributed by atoms with van der Waals surface area (Å²) in [4.78, 5) is 3.58. The molecule has 0 aliphatic heterocycles. The van der Waals surface area contributed by atoms with Crippen molar-refractivity contribution in [1.29, 1.82) is 0 Å². The van der Waals surface area contributed by atoms with Crippen molar-refractivity contribution in [2.45, 2.75) is 18.4 Å². The van der Waals surface area contributed by atoms with Gasteiger partial charge >= 0.3 is 0 Å². The van der Waals surface area contributed by atoms with Crippen molar-refractivity contribution >= 4 is 11.8 Å². The van der Waals surface area contributed by atoms with Crippen LogP contribution in [0.1, 0.15) is 11.1 Å². The molecule has 1 rings (SSSR count). The van der Waals surface area contributed by atoms with Gasteiger partial charge in [-0.2, -0.15) is 0 Å². The zero-order valence-electron chi connectivity index (χ0n) is 12.5. The van der Waals surface area contributed by atoms with Gasteiger partial charge in [0.05, 0.1) is 6.61 Å². The number of ether oxygens (including phenoxy) is 1. The van der Waals surface area contributed by atoms with Gasteiger partial charge in [0.25, 0.3) is 0 Å². The standard InChI is InChI=1S/C15H26N2OS/c1-13-11-15(19-10-8-17(2)3)6-5-14(13)12-16-7-9-18-4/h5-6,11,16H,7-10,12H2,1-4H3. The van der Waals surface area contributed by atoms with Crippen molar-refractivity contribution in [2.24, 2.45) is 0 Å². The van der Waals surface area contributed by atoms with Crippen LogP contribution in [0.4, 0.5) is 0 Å². The quantitative estimate of drug-likeness (QED) is 0.555. The fourth-order valence-electron chi connectivity index (χ4n) is 1.70. The van der Waals surface area contributed by atoms with E-state index in [1.54, 1.807) is 7.11 Å². The number of hydrogen-bond donors (Lipinski definition) is 1. The number of thioether (sulfide) groups is 1. The zero-order chi connectivity index (χ0) is 14.1. The van der Waals surface area contributed by atoms with E-state index in [9.17, 15) is 0 Å². The maximum Gasteiger partial charge on any atom is 0.0587 e. The number of methoxy groups -OCH3 is 1. The molecule has 108 valence electrons. The molecule has 1 aromatic rings. The average molecular weight is 282 g/mol. The first kappa shape index (κ1) is 16.5. The second-order valence-electron chi connectivity index (χ2n) is 4.91. The van der Waals surface area contributed by atoms with Crippen LogP contribution < -0.4 is 5.32 Å². The summed E-state index contributed by atoms with van der Waals surface area (Å²) in [7, 11) is 5.95. The largest absolute Gasteiger partial charge is 0.383 e. The van der Waals surface area contributed by atoms with Crippen LogP contribution in [0, 0.1) is 6.92 Å². The predicted molar refractivity (Wildman–Crippen MR) is 84.0 cm³/mol. The highest BCUT2D eigenvalue weighted by Crippen LogP contribution is 2.21. The molecule has 1 aromatic carbocycles. The third-order valence-corrected chi connectivity index (χ3v) is 3.89. The van der Waals surface area contributed by atoms with E-state index in [-0.39, 0.29) is 0 Å². The van der Waals surface area contributed by atoms with Gasteiger partial charge in [0.1, 0.15) is 0 Å². The molecule has 0 saturated carbocycles. The highest BCUT2D eigenvalue weighted by Gasteiger charge is 2.01. The van der Waals surface area contributed by atoms with Crippen LogP contribution in [0.15, 0.2) is 23.1 Å². The highest BCUT2D eigenvalue weighted by molar-refractivity contribution is 7.99.